The molecule has 3 nitrogen and oxygen atoms in total. The van der Waals surface area contributed by atoms with Crippen molar-refractivity contribution in [2.75, 3.05) is 6.54 Å². The van der Waals surface area contributed by atoms with E-state index in [1.807, 2.05) is 6.92 Å². The molecule has 3 heteroatoms. The highest BCUT2D eigenvalue weighted by atomic mass is 16.4. The van der Waals surface area contributed by atoms with Crippen molar-refractivity contribution < 1.29 is 4.42 Å². The van der Waals surface area contributed by atoms with Crippen molar-refractivity contribution in [3.8, 4) is 0 Å². The average Bonchev–Trinajstić information content (AvgIpc) is 2.72. The Morgan fingerprint density at radius 3 is 3.00 bits per heavy atom. The Bertz CT molecular complexity index is 287. The summed E-state index contributed by atoms with van der Waals surface area (Å²) in [6, 6.07) is 0.434. The van der Waals surface area contributed by atoms with Gasteiger partial charge in [-0.25, -0.2) is 4.98 Å². The lowest BCUT2D eigenvalue weighted by molar-refractivity contribution is 0.473. The predicted molar refractivity (Wildman–Crippen MR) is 50.6 cm³/mol. The molecule has 1 aliphatic rings. The van der Waals surface area contributed by atoms with E-state index in [0.717, 1.165) is 30.3 Å². The molecular formula is C10H16N2O. The van der Waals surface area contributed by atoms with E-state index in [4.69, 9.17) is 4.42 Å². The van der Waals surface area contributed by atoms with Gasteiger partial charge in [0, 0.05) is 6.42 Å². The average molecular weight is 180 g/mol. The number of aromatic nitrogens is 1. The number of rotatable bonds is 2. The van der Waals surface area contributed by atoms with Crippen LogP contribution in [0.5, 0.6) is 0 Å². The van der Waals surface area contributed by atoms with Crippen LogP contribution < -0.4 is 5.32 Å². The molecular weight excluding hydrogens is 164 g/mol. The summed E-state index contributed by atoms with van der Waals surface area (Å²) >= 11 is 0. The molecule has 1 fully saturated rings. The molecule has 1 aliphatic heterocycles. The zero-order valence-corrected chi connectivity index (χ0v) is 8.26. The number of hydrogen-bond acceptors (Lipinski definition) is 3. The summed E-state index contributed by atoms with van der Waals surface area (Å²) in [6.07, 6.45) is 3.32. The largest absolute Gasteiger partial charge is 0.446 e. The third-order valence-corrected chi connectivity index (χ3v) is 2.57. The molecule has 0 radical (unpaired) electrons. The van der Waals surface area contributed by atoms with E-state index < -0.39 is 0 Å². The Labute approximate surface area is 78.5 Å². The summed E-state index contributed by atoms with van der Waals surface area (Å²) in [5.41, 5.74) is 1.12. The lowest BCUT2D eigenvalue weighted by atomic mass is 10.1. The van der Waals surface area contributed by atoms with E-state index in [9.17, 15) is 0 Å². The lowest BCUT2D eigenvalue weighted by Crippen LogP contribution is -2.14. The van der Waals surface area contributed by atoms with Gasteiger partial charge in [-0.2, -0.15) is 0 Å². The van der Waals surface area contributed by atoms with E-state index in [-0.39, 0.29) is 0 Å². The highest BCUT2D eigenvalue weighted by Gasteiger charge is 2.22. The van der Waals surface area contributed by atoms with Crippen molar-refractivity contribution in [3.63, 3.8) is 0 Å². The van der Waals surface area contributed by atoms with Crippen molar-refractivity contribution in [1.82, 2.24) is 10.3 Å². The Balaban J connectivity index is 2.22. The van der Waals surface area contributed by atoms with E-state index in [2.05, 4.69) is 17.2 Å². The molecule has 1 aromatic heterocycles. The molecule has 0 amide bonds. The van der Waals surface area contributed by atoms with Gasteiger partial charge in [-0.1, -0.05) is 6.92 Å². The van der Waals surface area contributed by atoms with Crippen molar-refractivity contribution >= 4 is 0 Å². The van der Waals surface area contributed by atoms with Crippen molar-refractivity contribution in [3.05, 3.63) is 17.3 Å². The molecule has 13 heavy (non-hydrogen) atoms. The first-order valence-corrected chi connectivity index (χ1v) is 5.01. The molecule has 0 spiro atoms. The molecule has 1 atom stereocenters. The van der Waals surface area contributed by atoms with Gasteiger partial charge in [-0.15, -0.1) is 0 Å². The molecule has 2 heterocycles. The second-order valence-corrected chi connectivity index (χ2v) is 3.55. The van der Waals surface area contributed by atoms with Gasteiger partial charge in [0.2, 0.25) is 0 Å². The van der Waals surface area contributed by atoms with Gasteiger partial charge < -0.3 is 9.73 Å². The molecule has 72 valence electrons. The van der Waals surface area contributed by atoms with Gasteiger partial charge in [-0.05, 0) is 26.3 Å². The zero-order valence-electron chi connectivity index (χ0n) is 8.26. The van der Waals surface area contributed by atoms with Crippen molar-refractivity contribution in [1.29, 1.82) is 0 Å². The van der Waals surface area contributed by atoms with Crippen molar-refractivity contribution in [2.45, 2.75) is 39.2 Å². The topological polar surface area (TPSA) is 38.1 Å². The molecule has 0 aliphatic carbocycles. The second kappa shape index (κ2) is 3.50. The van der Waals surface area contributed by atoms with Gasteiger partial charge in [0.15, 0.2) is 5.89 Å². The first-order valence-electron chi connectivity index (χ1n) is 5.01. The van der Waals surface area contributed by atoms with E-state index in [1.54, 1.807) is 0 Å². The van der Waals surface area contributed by atoms with Crippen LogP contribution in [0.15, 0.2) is 4.42 Å². The minimum atomic E-state index is 0.434. The van der Waals surface area contributed by atoms with Crippen LogP contribution >= 0.6 is 0 Å². The maximum Gasteiger partial charge on any atom is 0.194 e. The SMILES string of the molecule is CCc1nc(C2CCCN2)c(C)o1. The number of aryl methyl sites for hydroxylation is 2. The Kier molecular flexibility index (Phi) is 2.36. The summed E-state index contributed by atoms with van der Waals surface area (Å²) in [4.78, 5) is 4.48. The van der Waals surface area contributed by atoms with Crippen LogP contribution in [0.2, 0.25) is 0 Å². The Morgan fingerprint density at radius 2 is 2.46 bits per heavy atom. The van der Waals surface area contributed by atoms with Crippen LogP contribution in [0.25, 0.3) is 0 Å². The van der Waals surface area contributed by atoms with E-state index in [1.165, 1.54) is 12.8 Å². The second-order valence-electron chi connectivity index (χ2n) is 3.55. The monoisotopic (exact) mass is 180 g/mol. The Hall–Kier alpha value is -0.830. The summed E-state index contributed by atoms with van der Waals surface area (Å²) < 4.78 is 5.53. The standard InChI is InChI=1S/C10H16N2O/c1-3-9-12-10(7(2)13-9)8-5-4-6-11-8/h8,11H,3-6H2,1-2H3. The molecule has 1 N–H and O–H groups in total. The van der Waals surface area contributed by atoms with Crippen LogP contribution in [0, 0.1) is 6.92 Å². The van der Waals surface area contributed by atoms with E-state index >= 15 is 0 Å². The van der Waals surface area contributed by atoms with Crippen LogP contribution in [0.1, 0.15) is 43.2 Å². The smallest absolute Gasteiger partial charge is 0.194 e. The quantitative estimate of drug-likeness (QED) is 0.756. The summed E-state index contributed by atoms with van der Waals surface area (Å²) in [6.45, 7) is 5.18. The summed E-state index contributed by atoms with van der Waals surface area (Å²) in [7, 11) is 0. The highest BCUT2D eigenvalue weighted by Crippen LogP contribution is 2.25. The van der Waals surface area contributed by atoms with Gasteiger partial charge >= 0.3 is 0 Å². The predicted octanol–water partition coefficient (Wildman–Crippen LogP) is 1.97. The number of nitrogens with one attached hydrogen (secondary N) is 1. The van der Waals surface area contributed by atoms with Gasteiger partial charge in [0.1, 0.15) is 5.76 Å². The summed E-state index contributed by atoms with van der Waals surface area (Å²) in [5, 5.41) is 3.43. The van der Waals surface area contributed by atoms with E-state index in [0.29, 0.717) is 6.04 Å². The fourth-order valence-corrected chi connectivity index (χ4v) is 1.86. The lowest BCUT2D eigenvalue weighted by Gasteiger charge is -2.05. The third kappa shape index (κ3) is 1.61. The molecule has 0 aromatic carbocycles. The first-order chi connectivity index (χ1) is 6.31. The van der Waals surface area contributed by atoms with Crippen LogP contribution in [0.3, 0.4) is 0 Å². The van der Waals surface area contributed by atoms with Crippen molar-refractivity contribution in [2.24, 2.45) is 0 Å². The highest BCUT2D eigenvalue weighted by molar-refractivity contribution is 5.14. The minimum absolute atomic E-state index is 0.434. The van der Waals surface area contributed by atoms with Crippen LogP contribution in [-0.2, 0) is 6.42 Å². The Morgan fingerprint density at radius 1 is 1.62 bits per heavy atom. The number of oxazole rings is 1. The van der Waals surface area contributed by atoms with Crippen LogP contribution in [0.4, 0.5) is 0 Å². The van der Waals surface area contributed by atoms with Gasteiger partial charge in [0.05, 0.1) is 11.7 Å². The molecule has 1 saturated heterocycles. The first kappa shape index (κ1) is 8.75. The molecule has 1 aromatic rings. The van der Waals surface area contributed by atoms with Gasteiger partial charge in [-0.3, -0.25) is 0 Å². The minimum Gasteiger partial charge on any atom is -0.446 e. The molecule has 0 bridgehead atoms. The third-order valence-electron chi connectivity index (χ3n) is 2.57. The zero-order chi connectivity index (χ0) is 9.26. The number of nitrogens with zero attached hydrogens (tertiary/aromatic N) is 1. The maximum absolute atomic E-state index is 5.53. The normalized spacial score (nSPS) is 22.5. The van der Waals surface area contributed by atoms with Crippen LogP contribution in [-0.4, -0.2) is 11.5 Å². The molecule has 1 unspecified atom stereocenters. The molecule has 0 saturated carbocycles. The fraction of sp³-hybridized carbons (Fsp3) is 0.700. The van der Waals surface area contributed by atoms with Gasteiger partial charge in [0.25, 0.3) is 0 Å². The molecule has 2 rings (SSSR count). The maximum atomic E-state index is 5.53. The summed E-state index contributed by atoms with van der Waals surface area (Å²) in [5.74, 6) is 1.84. The number of hydrogen-bond donors (Lipinski definition) is 1. The fourth-order valence-electron chi connectivity index (χ4n) is 1.86.